The van der Waals surface area contributed by atoms with Crippen molar-refractivity contribution in [2.24, 2.45) is 0 Å². The van der Waals surface area contributed by atoms with Gasteiger partial charge in [-0.2, -0.15) is 0 Å². The average molecular weight is 446 g/mol. The Labute approximate surface area is 171 Å². The van der Waals surface area contributed by atoms with Crippen molar-refractivity contribution >= 4 is 39.1 Å². The third kappa shape index (κ3) is 3.90. The average Bonchev–Trinajstić information content (AvgIpc) is 2.69. The molecule has 146 valence electrons. The van der Waals surface area contributed by atoms with E-state index in [1.54, 1.807) is 12.1 Å². The molecule has 2 saturated heterocycles. The van der Waals surface area contributed by atoms with Crippen molar-refractivity contribution in [3.05, 3.63) is 58.3 Å². The fourth-order valence-electron chi connectivity index (χ4n) is 3.87. The van der Waals surface area contributed by atoms with Crippen LogP contribution < -0.4 is 15.1 Å². The number of halogens is 2. The number of hydrogen-bond donors (Lipinski definition) is 1. The van der Waals surface area contributed by atoms with Gasteiger partial charge in [0.1, 0.15) is 5.82 Å². The molecule has 4 rings (SSSR count). The van der Waals surface area contributed by atoms with E-state index < -0.39 is 5.92 Å². The van der Waals surface area contributed by atoms with Crippen molar-refractivity contribution in [2.45, 2.75) is 18.8 Å². The van der Waals surface area contributed by atoms with Gasteiger partial charge in [-0.1, -0.05) is 22.0 Å². The number of nitrogens with one attached hydrogen (secondary N) is 1. The summed E-state index contributed by atoms with van der Waals surface area (Å²) >= 11 is 3.45. The summed E-state index contributed by atoms with van der Waals surface area (Å²) in [4.78, 5) is 27.7. The molecule has 2 aliphatic heterocycles. The van der Waals surface area contributed by atoms with Crippen LogP contribution in [0.25, 0.3) is 0 Å². The summed E-state index contributed by atoms with van der Waals surface area (Å²) in [6.07, 6.45) is 0.715. The van der Waals surface area contributed by atoms with Crippen molar-refractivity contribution in [3.8, 4) is 0 Å². The number of hydrogen-bond acceptors (Lipinski definition) is 4. The summed E-state index contributed by atoms with van der Waals surface area (Å²) in [7, 11) is 0. The van der Waals surface area contributed by atoms with Crippen LogP contribution in [0.4, 0.5) is 15.8 Å². The summed E-state index contributed by atoms with van der Waals surface area (Å²) < 4.78 is 15.8. The molecule has 7 heteroatoms. The summed E-state index contributed by atoms with van der Waals surface area (Å²) in [5.74, 6) is -1.39. The van der Waals surface area contributed by atoms with E-state index in [0.29, 0.717) is 17.7 Å². The maximum atomic E-state index is 14.8. The Bertz CT molecular complexity index is 895. The lowest BCUT2D eigenvalue weighted by atomic mass is 9.90. The van der Waals surface area contributed by atoms with Gasteiger partial charge in [-0.25, -0.2) is 4.39 Å². The van der Waals surface area contributed by atoms with Gasteiger partial charge in [0.2, 0.25) is 11.8 Å². The van der Waals surface area contributed by atoms with Gasteiger partial charge >= 0.3 is 0 Å². The van der Waals surface area contributed by atoms with E-state index in [1.165, 1.54) is 6.07 Å². The smallest absolute Gasteiger partial charge is 0.234 e. The number of amides is 2. The van der Waals surface area contributed by atoms with E-state index in [4.69, 9.17) is 0 Å². The van der Waals surface area contributed by atoms with E-state index in [9.17, 15) is 14.0 Å². The highest BCUT2D eigenvalue weighted by Gasteiger charge is 2.29. The lowest BCUT2D eigenvalue weighted by Gasteiger charge is -2.37. The lowest BCUT2D eigenvalue weighted by Crippen LogP contribution is -2.46. The molecule has 2 aliphatic rings. The number of anilines is 2. The molecule has 5 nitrogen and oxygen atoms in total. The van der Waals surface area contributed by atoms with Crippen molar-refractivity contribution < 1.29 is 14.0 Å². The number of carbonyl (C=O) groups excluding carboxylic acids is 2. The number of nitrogens with zero attached hydrogens (tertiary/aromatic N) is 2. The van der Waals surface area contributed by atoms with E-state index in [-0.39, 0.29) is 24.1 Å². The number of carbonyl (C=O) groups is 2. The van der Waals surface area contributed by atoms with Gasteiger partial charge in [-0.15, -0.1) is 0 Å². The zero-order valence-electron chi connectivity index (χ0n) is 15.3. The molecule has 1 atom stereocenters. The monoisotopic (exact) mass is 445 g/mol. The van der Waals surface area contributed by atoms with Crippen molar-refractivity contribution in [2.75, 3.05) is 36.0 Å². The molecule has 2 aromatic rings. The minimum atomic E-state index is -0.462. The molecule has 2 aromatic carbocycles. The first-order valence-electron chi connectivity index (χ1n) is 9.40. The molecule has 0 aliphatic carbocycles. The zero-order valence-corrected chi connectivity index (χ0v) is 16.9. The normalized spacial score (nSPS) is 20.3. The summed E-state index contributed by atoms with van der Waals surface area (Å²) in [6, 6.07) is 13.2. The van der Waals surface area contributed by atoms with E-state index >= 15 is 0 Å². The highest BCUT2D eigenvalue weighted by molar-refractivity contribution is 9.10. The summed E-state index contributed by atoms with van der Waals surface area (Å²) in [6.45, 7) is 3.08. The predicted octanol–water partition coefficient (Wildman–Crippen LogP) is 3.44. The van der Waals surface area contributed by atoms with Crippen LogP contribution in [0.5, 0.6) is 0 Å². The van der Waals surface area contributed by atoms with E-state index in [2.05, 4.69) is 38.3 Å². The number of piperazine rings is 1. The number of piperidine rings is 1. The van der Waals surface area contributed by atoms with Gasteiger partial charge in [-0.3, -0.25) is 14.9 Å². The highest BCUT2D eigenvalue weighted by atomic mass is 79.9. The highest BCUT2D eigenvalue weighted by Crippen LogP contribution is 2.30. The predicted molar refractivity (Wildman–Crippen MR) is 110 cm³/mol. The molecule has 28 heavy (non-hydrogen) atoms. The Morgan fingerprint density at radius 2 is 1.64 bits per heavy atom. The molecule has 0 spiro atoms. The van der Waals surface area contributed by atoms with Gasteiger partial charge in [0.15, 0.2) is 0 Å². The molecule has 2 heterocycles. The number of rotatable bonds is 3. The van der Waals surface area contributed by atoms with Crippen LogP contribution in [0.2, 0.25) is 0 Å². The Kier molecular flexibility index (Phi) is 5.35. The molecule has 0 aromatic heterocycles. The second kappa shape index (κ2) is 7.91. The molecule has 2 amide bonds. The molecule has 1 N–H and O–H groups in total. The first kappa shape index (κ1) is 18.9. The first-order valence-corrected chi connectivity index (χ1v) is 10.2. The van der Waals surface area contributed by atoms with E-state index in [0.717, 1.165) is 36.3 Å². The molecular formula is C21H21BrFN3O2. The third-order valence-electron chi connectivity index (χ3n) is 5.43. The van der Waals surface area contributed by atoms with Crippen LogP contribution in [-0.4, -0.2) is 38.0 Å². The topological polar surface area (TPSA) is 52.7 Å². The Morgan fingerprint density at radius 1 is 0.964 bits per heavy atom. The third-order valence-corrected chi connectivity index (χ3v) is 5.95. The first-order chi connectivity index (χ1) is 13.5. The second-order valence-electron chi connectivity index (χ2n) is 7.17. The van der Waals surface area contributed by atoms with Crippen LogP contribution in [0, 0.1) is 5.82 Å². The van der Waals surface area contributed by atoms with Crippen molar-refractivity contribution in [1.29, 1.82) is 0 Å². The fourth-order valence-corrected chi connectivity index (χ4v) is 4.13. The largest absolute Gasteiger partial charge is 0.368 e. The molecule has 1 unspecified atom stereocenters. The van der Waals surface area contributed by atoms with Crippen molar-refractivity contribution in [1.82, 2.24) is 5.32 Å². The van der Waals surface area contributed by atoms with Crippen LogP contribution >= 0.6 is 15.9 Å². The quantitative estimate of drug-likeness (QED) is 0.735. The fraction of sp³-hybridized carbons (Fsp3) is 0.333. The Morgan fingerprint density at radius 3 is 2.29 bits per heavy atom. The maximum Gasteiger partial charge on any atom is 0.234 e. The van der Waals surface area contributed by atoms with E-state index in [1.807, 2.05) is 17.0 Å². The molecule has 0 bridgehead atoms. The maximum absolute atomic E-state index is 14.8. The van der Waals surface area contributed by atoms with Crippen LogP contribution in [0.1, 0.15) is 24.3 Å². The molecule has 2 fully saturated rings. The van der Waals surface area contributed by atoms with Crippen molar-refractivity contribution in [3.63, 3.8) is 0 Å². The van der Waals surface area contributed by atoms with Crippen LogP contribution in [-0.2, 0) is 9.59 Å². The van der Waals surface area contributed by atoms with Gasteiger partial charge in [0.05, 0.1) is 11.6 Å². The second-order valence-corrected chi connectivity index (χ2v) is 8.08. The molecular weight excluding hydrogens is 425 g/mol. The minimum Gasteiger partial charge on any atom is -0.368 e. The number of imide groups is 1. The summed E-state index contributed by atoms with van der Waals surface area (Å²) in [5, 5.41) is 2.33. The van der Waals surface area contributed by atoms with Gasteiger partial charge in [-0.05, 0) is 48.4 Å². The lowest BCUT2D eigenvalue weighted by molar-refractivity contribution is -0.134. The zero-order chi connectivity index (χ0) is 19.7. The van der Waals surface area contributed by atoms with Gasteiger partial charge < -0.3 is 9.80 Å². The SMILES string of the molecule is O=C1CCC(c2ccc(N3CCN(c4ccc(Br)cc4)CC3)c(F)c2)C(=O)N1. The number of benzene rings is 2. The van der Waals surface area contributed by atoms with Gasteiger partial charge in [0, 0.05) is 42.8 Å². The molecule has 0 saturated carbocycles. The minimum absolute atomic E-state index is 0.262. The standard InChI is InChI=1S/C21H21BrFN3O2/c22-15-2-4-16(5-3-15)25-9-11-26(12-10-25)19-7-1-14(13-18(19)23)17-6-8-20(27)24-21(17)28/h1-5,7,13,17H,6,8-12H2,(H,24,27,28). The van der Waals surface area contributed by atoms with Crippen LogP contribution in [0.3, 0.4) is 0 Å². The Balaban J connectivity index is 1.43. The summed E-state index contributed by atoms with van der Waals surface area (Å²) in [5.41, 5.74) is 2.35. The Hall–Kier alpha value is -2.41. The molecule has 0 radical (unpaired) electrons. The van der Waals surface area contributed by atoms with Crippen LogP contribution in [0.15, 0.2) is 46.9 Å². The van der Waals surface area contributed by atoms with Gasteiger partial charge in [0.25, 0.3) is 0 Å².